The fourth-order valence-corrected chi connectivity index (χ4v) is 1.83. The third kappa shape index (κ3) is 6.60. The monoisotopic (exact) mass is 301 g/mol. The van der Waals surface area contributed by atoms with Gasteiger partial charge in [-0.05, 0) is 12.5 Å². The molecule has 6 N–H and O–H groups in total. The second-order valence-electron chi connectivity index (χ2n) is 4.21. The molecule has 9 nitrogen and oxygen atoms in total. The Bertz CT molecular complexity index is 431. The summed E-state index contributed by atoms with van der Waals surface area (Å²) in [6, 6.07) is -0.507. The minimum Gasteiger partial charge on any atom is -0.478 e. The minimum atomic E-state index is -1.22. The number of nitrogens with two attached hydrogens (primary N) is 1. The molecule has 3 unspecified atom stereocenters. The van der Waals surface area contributed by atoms with E-state index in [0.717, 1.165) is 0 Å². The van der Waals surface area contributed by atoms with Gasteiger partial charge in [0, 0.05) is 20.0 Å². The fourth-order valence-electron chi connectivity index (χ4n) is 1.83. The summed E-state index contributed by atoms with van der Waals surface area (Å²) in [4.78, 5) is 21.8. The number of ether oxygens (including phenoxy) is 1. The molecule has 1 heterocycles. The van der Waals surface area contributed by atoms with Crippen LogP contribution in [0.5, 0.6) is 0 Å². The Hall–Kier alpha value is -2.31. The molecule has 0 saturated carbocycles. The van der Waals surface area contributed by atoms with Crippen LogP contribution in [0.3, 0.4) is 0 Å². The lowest BCUT2D eigenvalue weighted by molar-refractivity contribution is -0.141. The topological polar surface area (TPSA) is 166 Å². The molecule has 0 aromatic carbocycles. The summed E-state index contributed by atoms with van der Waals surface area (Å²) in [5.41, 5.74) is 4.15. The van der Waals surface area contributed by atoms with Crippen LogP contribution in [-0.4, -0.2) is 52.1 Å². The van der Waals surface area contributed by atoms with Gasteiger partial charge < -0.3 is 31.1 Å². The number of nitriles is 1. The number of nitrogens with one attached hydrogen (secondary N) is 1. The Morgan fingerprint density at radius 1 is 1.67 bits per heavy atom. The van der Waals surface area contributed by atoms with Gasteiger partial charge in [-0.15, -0.1) is 0 Å². The molecular formula is C12H19N3O6. The Morgan fingerprint density at radius 3 is 2.67 bits per heavy atom. The predicted molar refractivity (Wildman–Crippen MR) is 70.3 cm³/mol. The number of carbonyl (C=O) groups is 2. The number of aliphatic hydroxyl groups excluding tert-OH is 2. The molecule has 0 bridgehead atoms. The molecule has 1 aliphatic rings. The zero-order valence-electron chi connectivity index (χ0n) is 11.5. The molecule has 3 atom stereocenters. The van der Waals surface area contributed by atoms with Crippen LogP contribution in [-0.2, 0) is 14.3 Å². The molecule has 0 spiro atoms. The lowest BCUT2D eigenvalue weighted by Crippen LogP contribution is -2.51. The van der Waals surface area contributed by atoms with Gasteiger partial charge in [0.05, 0.1) is 12.1 Å². The van der Waals surface area contributed by atoms with Crippen LogP contribution in [0.25, 0.3) is 0 Å². The van der Waals surface area contributed by atoms with Gasteiger partial charge >= 0.3 is 5.97 Å². The van der Waals surface area contributed by atoms with Crippen molar-refractivity contribution in [1.29, 1.82) is 5.26 Å². The second-order valence-corrected chi connectivity index (χ2v) is 4.21. The second kappa shape index (κ2) is 9.57. The van der Waals surface area contributed by atoms with E-state index in [0.29, 0.717) is 0 Å². The summed E-state index contributed by atoms with van der Waals surface area (Å²) in [6.07, 6.45) is 0.986. The Balaban J connectivity index is 0.00000122. The van der Waals surface area contributed by atoms with Crippen LogP contribution in [0.4, 0.5) is 0 Å². The molecule has 1 rings (SSSR count). The Morgan fingerprint density at radius 2 is 2.24 bits per heavy atom. The van der Waals surface area contributed by atoms with Gasteiger partial charge in [0.15, 0.2) is 6.19 Å². The van der Waals surface area contributed by atoms with E-state index < -0.39 is 24.2 Å². The molecule has 118 valence electrons. The van der Waals surface area contributed by atoms with Crippen LogP contribution in [0, 0.1) is 11.5 Å². The number of hydrogen-bond donors (Lipinski definition) is 5. The molecule has 0 aliphatic carbocycles. The molecule has 1 amide bonds. The summed E-state index contributed by atoms with van der Waals surface area (Å²) in [6.45, 7) is 1.08. The lowest BCUT2D eigenvalue weighted by atomic mass is 9.97. The normalized spacial score (nSPS) is 21.5. The van der Waals surface area contributed by atoms with Crippen molar-refractivity contribution in [2.75, 3.05) is 6.61 Å². The standard InChI is InChI=1S/C11H17NO6.CH2N2/c1-6(14)12-7-2-3-9(11(16)17)18-10(7)8(15)4-5-13;2-1-3/h3,7-8,10,13,15H,2,4-5H2,1H3,(H,12,14)(H,16,17);2H2. The quantitative estimate of drug-likeness (QED) is 0.299. The van der Waals surface area contributed by atoms with Crippen molar-refractivity contribution in [3.8, 4) is 6.19 Å². The van der Waals surface area contributed by atoms with E-state index in [2.05, 4.69) is 11.1 Å². The maximum atomic E-state index is 11.0. The molecule has 0 aromatic heterocycles. The van der Waals surface area contributed by atoms with Crippen LogP contribution in [0.1, 0.15) is 19.8 Å². The van der Waals surface area contributed by atoms with Gasteiger partial charge in [0.25, 0.3) is 0 Å². The third-order valence-corrected chi connectivity index (χ3v) is 2.62. The first kappa shape index (κ1) is 18.7. The van der Waals surface area contributed by atoms with E-state index in [-0.39, 0.29) is 31.1 Å². The van der Waals surface area contributed by atoms with Crippen LogP contribution in [0.2, 0.25) is 0 Å². The first-order chi connectivity index (χ1) is 9.87. The van der Waals surface area contributed by atoms with Gasteiger partial charge in [-0.2, -0.15) is 5.26 Å². The highest BCUT2D eigenvalue weighted by Gasteiger charge is 2.35. The molecule has 21 heavy (non-hydrogen) atoms. The van der Waals surface area contributed by atoms with Gasteiger partial charge in [0.1, 0.15) is 6.10 Å². The van der Waals surface area contributed by atoms with Gasteiger partial charge in [-0.25, -0.2) is 4.79 Å². The highest BCUT2D eigenvalue weighted by molar-refractivity contribution is 5.84. The SMILES string of the molecule is CC(=O)NC1CC=C(C(=O)O)OC1C(O)CCO.N#CN. The first-order valence-electron chi connectivity index (χ1n) is 6.13. The number of carboxylic acid groups (broad SMARTS) is 1. The molecule has 1 aliphatic heterocycles. The van der Waals surface area contributed by atoms with E-state index in [4.69, 9.17) is 20.2 Å². The Labute approximate surface area is 121 Å². The number of aliphatic carboxylic acids is 1. The maximum Gasteiger partial charge on any atom is 0.370 e. The van der Waals surface area contributed by atoms with Crippen molar-refractivity contribution in [3.05, 3.63) is 11.8 Å². The third-order valence-electron chi connectivity index (χ3n) is 2.62. The van der Waals surface area contributed by atoms with Crippen LogP contribution >= 0.6 is 0 Å². The van der Waals surface area contributed by atoms with Crippen LogP contribution < -0.4 is 11.1 Å². The molecule has 0 saturated heterocycles. The van der Waals surface area contributed by atoms with E-state index in [1.165, 1.54) is 19.2 Å². The zero-order valence-corrected chi connectivity index (χ0v) is 11.5. The molecule has 9 heteroatoms. The summed E-state index contributed by atoms with van der Waals surface area (Å²) < 4.78 is 5.16. The molecule has 0 fully saturated rings. The zero-order chi connectivity index (χ0) is 16.4. The predicted octanol–water partition coefficient (Wildman–Crippen LogP) is -1.58. The Kier molecular flexibility index (Phi) is 8.52. The van der Waals surface area contributed by atoms with Crippen molar-refractivity contribution in [2.24, 2.45) is 5.73 Å². The largest absolute Gasteiger partial charge is 0.478 e. The summed E-state index contributed by atoms with van der Waals surface area (Å²) in [5.74, 6) is -1.77. The van der Waals surface area contributed by atoms with Crippen molar-refractivity contribution >= 4 is 11.9 Å². The number of aliphatic hydroxyl groups is 2. The van der Waals surface area contributed by atoms with Gasteiger partial charge in [-0.1, -0.05) is 0 Å². The number of rotatable bonds is 5. The average Bonchev–Trinajstić information content (AvgIpc) is 2.39. The number of hydrogen-bond acceptors (Lipinski definition) is 7. The number of carboxylic acids is 1. The average molecular weight is 301 g/mol. The van der Waals surface area contributed by atoms with Gasteiger partial charge in [-0.3, -0.25) is 4.79 Å². The van der Waals surface area contributed by atoms with Crippen molar-refractivity contribution in [3.63, 3.8) is 0 Å². The number of carbonyl (C=O) groups excluding carboxylic acids is 1. The van der Waals surface area contributed by atoms with Crippen molar-refractivity contribution < 1.29 is 29.6 Å². The fraction of sp³-hybridized carbons (Fsp3) is 0.583. The number of amides is 1. The first-order valence-corrected chi connectivity index (χ1v) is 6.13. The highest BCUT2D eigenvalue weighted by Crippen LogP contribution is 2.22. The van der Waals surface area contributed by atoms with Crippen molar-refractivity contribution in [2.45, 2.75) is 38.0 Å². The van der Waals surface area contributed by atoms with Crippen molar-refractivity contribution in [1.82, 2.24) is 5.32 Å². The van der Waals surface area contributed by atoms with E-state index in [1.54, 1.807) is 0 Å². The summed E-state index contributed by atoms with van der Waals surface area (Å²) in [5, 5.41) is 37.1. The number of nitrogens with zero attached hydrogens (tertiary/aromatic N) is 1. The lowest BCUT2D eigenvalue weighted by Gasteiger charge is -2.34. The maximum absolute atomic E-state index is 11.0. The molecule has 0 radical (unpaired) electrons. The van der Waals surface area contributed by atoms with E-state index in [1.807, 2.05) is 0 Å². The van der Waals surface area contributed by atoms with Crippen LogP contribution in [0.15, 0.2) is 11.8 Å². The molecule has 0 aromatic rings. The summed E-state index contributed by atoms with van der Waals surface area (Å²) in [7, 11) is 0. The summed E-state index contributed by atoms with van der Waals surface area (Å²) >= 11 is 0. The smallest absolute Gasteiger partial charge is 0.370 e. The van der Waals surface area contributed by atoms with E-state index >= 15 is 0 Å². The molecular weight excluding hydrogens is 282 g/mol. The highest BCUT2D eigenvalue weighted by atomic mass is 16.5. The van der Waals surface area contributed by atoms with E-state index in [9.17, 15) is 14.7 Å². The van der Waals surface area contributed by atoms with Gasteiger partial charge in [0.2, 0.25) is 11.7 Å². The minimum absolute atomic E-state index is 0.0493.